The maximum atomic E-state index is 12.8. The minimum Gasteiger partial charge on any atom is -0.493 e. The van der Waals surface area contributed by atoms with Gasteiger partial charge < -0.3 is 19.9 Å². The lowest BCUT2D eigenvalue weighted by molar-refractivity contribution is -0.135. The van der Waals surface area contributed by atoms with E-state index in [2.05, 4.69) is 5.10 Å². The molecule has 1 unspecified atom stereocenters. The number of esters is 1. The number of hydrazone groups is 1. The first-order valence-electron chi connectivity index (χ1n) is 9.02. The number of benzene rings is 2. The van der Waals surface area contributed by atoms with Crippen LogP contribution in [0.2, 0.25) is 0 Å². The number of methoxy groups -OCH3 is 1. The van der Waals surface area contributed by atoms with E-state index in [0.29, 0.717) is 24.0 Å². The first-order valence-corrected chi connectivity index (χ1v) is 9.02. The Balaban J connectivity index is 1.86. The van der Waals surface area contributed by atoms with Gasteiger partial charge in [-0.25, -0.2) is 0 Å². The van der Waals surface area contributed by atoms with E-state index >= 15 is 0 Å². The standard InChI is InChI=1S/C21H23N3O4/c1-3-13-27-19-14-16(20(22)23-24(19)15-9-5-4-6-10-15)21(25)28-18-12-8-7-11-17(18)26-2/h4-12,14,16H,3,13H2,1-2H3,(H2,22,23). The summed E-state index contributed by atoms with van der Waals surface area (Å²) in [5, 5.41) is 5.96. The summed E-state index contributed by atoms with van der Waals surface area (Å²) in [6, 6.07) is 16.4. The van der Waals surface area contributed by atoms with Gasteiger partial charge in [-0.1, -0.05) is 37.3 Å². The molecule has 1 heterocycles. The Labute approximate surface area is 164 Å². The first kappa shape index (κ1) is 19.3. The minimum absolute atomic E-state index is 0.118. The average molecular weight is 381 g/mol. The second kappa shape index (κ2) is 8.94. The third-order valence-electron chi connectivity index (χ3n) is 4.04. The molecule has 28 heavy (non-hydrogen) atoms. The van der Waals surface area contributed by atoms with Gasteiger partial charge in [0.25, 0.3) is 0 Å². The molecule has 2 aromatic carbocycles. The largest absolute Gasteiger partial charge is 0.493 e. The molecule has 0 aromatic heterocycles. The molecular formula is C21H23N3O4. The molecular weight excluding hydrogens is 358 g/mol. The van der Waals surface area contributed by atoms with Crippen molar-refractivity contribution in [1.82, 2.24) is 0 Å². The summed E-state index contributed by atoms with van der Waals surface area (Å²) in [5.41, 5.74) is 6.88. The summed E-state index contributed by atoms with van der Waals surface area (Å²) in [6.45, 7) is 2.49. The Morgan fingerprint density at radius 2 is 1.79 bits per heavy atom. The second-order valence-electron chi connectivity index (χ2n) is 6.08. The number of rotatable bonds is 7. The van der Waals surface area contributed by atoms with Gasteiger partial charge in [-0.05, 0) is 36.8 Å². The number of amidine groups is 1. The fourth-order valence-electron chi connectivity index (χ4n) is 2.66. The van der Waals surface area contributed by atoms with E-state index in [1.165, 1.54) is 7.11 Å². The molecule has 1 aliphatic heterocycles. The molecule has 0 saturated carbocycles. The van der Waals surface area contributed by atoms with Crippen LogP contribution in [0.3, 0.4) is 0 Å². The number of nitrogens with zero attached hydrogens (tertiary/aromatic N) is 2. The van der Waals surface area contributed by atoms with Gasteiger partial charge in [0, 0.05) is 0 Å². The predicted molar refractivity (Wildman–Crippen MR) is 107 cm³/mol. The summed E-state index contributed by atoms with van der Waals surface area (Å²) < 4.78 is 16.5. The smallest absolute Gasteiger partial charge is 0.326 e. The topological polar surface area (TPSA) is 86.4 Å². The molecule has 3 rings (SSSR count). The van der Waals surface area contributed by atoms with Crippen molar-refractivity contribution in [3.05, 3.63) is 66.6 Å². The highest BCUT2D eigenvalue weighted by molar-refractivity contribution is 6.04. The van der Waals surface area contributed by atoms with Crippen LogP contribution in [-0.4, -0.2) is 25.5 Å². The van der Waals surface area contributed by atoms with Crippen LogP contribution < -0.4 is 20.2 Å². The van der Waals surface area contributed by atoms with E-state index in [1.807, 2.05) is 37.3 Å². The van der Waals surface area contributed by atoms with Crippen molar-refractivity contribution in [2.75, 3.05) is 18.7 Å². The molecule has 7 nitrogen and oxygen atoms in total. The van der Waals surface area contributed by atoms with Crippen LogP contribution in [0.4, 0.5) is 5.69 Å². The van der Waals surface area contributed by atoms with E-state index in [9.17, 15) is 4.79 Å². The van der Waals surface area contributed by atoms with Gasteiger partial charge in [-0.15, -0.1) is 0 Å². The van der Waals surface area contributed by atoms with Crippen molar-refractivity contribution in [3.63, 3.8) is 0 Å². The van der Waals surface area contributed by atoms with Crippen molar-refractivity contribution in [3.8, 4) is 11.5 Å². The molecule has 7 heteroatoms. The predicted octanol–water partition coefficient (Wildman–Crippen LogP) is 3.28. The van der Waals surface area contributed by atoms with Crippen molar-refractivity contribution >= 4 is 17.5 Å². The number of carbonyl (C=O) groups excluding carboxylic acids is 1. The Bertz CT molecular complexity index is 880. The van der Waals surface area contributed by atoms with Crippen molar-refractivity contribution in [1.29, 1.82) is 0 Å². The van der Waals surface area contributed by atoms with Crippen molar-refractivity contribution < 1.29 is 19.0 Å². The van der Waals surface area contributed by atoms with Gasteiger partial charge in [-0.3, -0.25) is 4.79 Å². The number of anilines is 1. The number of nitrogens with two attached hydrogens (primary N) is 1. The summed E-state index contributed by atoms with van der Waals surface area (Å²) in [5.74, 6) is -0.0955. The van der Waals surface area contributed by atoms with Gasteiger partial charge in [0.15, 0.2) is 11.5 Å². The maximum absolute atomic E-state index is 12.8. The van der Waals surface area contributed by atoms with E-state index in [1.54, 1.807) is 35.4 Å². The Hall–Kier alpha value is -3.48. The van der Waals surface area contributed by atoms with Crippen LogP contribution in [0.25, 0.3) is 0 Å². The number of carbonyl (C=O) groups is 1. The minimum atomic E-state index is -0.864. The fraction of sp³-hybridized carbons (Fsp3) is 0.238. The molecule has 0 bridgehead atoms. The summed E-state index contributed by atoms with van der Waals surface area (Å²) in [6.07, 6.45) is 2.44. The third-order valence-corrected chi connectivity index (χ3v) is 4.04. The number of ether oxygens (including phenoxy) is 3. The monoisotopic (exact) mass is 381 g/mol. The molecule has 0 radical (unpaired) electrons. The lowest BCUT2D eigenvalue weighted by atomic mass is 10.1. The zero-order valence-corrected chi connectivity index (χ0v) is 15.9. The highest BCUT2D eigenvalue weighted by Crippen LogP contribution is 2.29. The second-order valence-corrected chi connectivity index (χ2v) is 6.08. The van der Waals surface area contributed by atoms with Crippen LogP contribution in [0, 0.1) is 5.92 Å². The van der Waals surface area contributed by atoms with Gasteiger partial charge in [-0.2, -0.15) is 10.1 Å². The molecule has 1 aliphatic rings. The van der Waals surface area contributed by atoms with Crippen LogP contribution >= 0.6 is 0 Å². The van der Waals surface area contributed by atoms with E-state index in [0.717, 1.165) is 12.1 Å². The Morgan fingerprint density at radius 3 is 2.46 bits per heavy atom. The van der Waals surface area contributed by atoms with Gasteiger partial charge >= 0.3 is 5.97 Å². The SMILES string of the molecule is CCCOC1=CC(C(=O)Oc2ccccc2OC)C(N)=NN1c1ccccc1. The molecule has 0 fully saturated rings. The molecule has 2 aromatic rings. The molecule has 0 spiro atoms. The van der Waals surface area contributed by atoms with Crippen LogP contribution in [0.1, 0.15) is 13.3 Å². The van der Waals surface area contributed by atoms with Crippen LogP contribution in [0.5, 0.6) is 11.5 Å². The normalized spacial score (nSPS) is 16.1. The highest BCUT2D eigenvalue weighted by atomic mass is 16.6. The lowest BCUT2D eigenvalue weighted by Gasteiger charge is -2.28. The molecule has 0 amide bonds. The summed E-state index contributed by atoms with van der Waals surface area (Å²) in [7, 11) is 1.51. The lowest BCUT2D eigenvalue weighted by Crippen LogP contribution is -2.39. The van der Waals surface area contributed by atoms with Crippen molar-refractivity contribution in [2.24, 2.45) is 16.8 Å². The van der Waals surface area contributed by atoms with Gasteiger partial charge in [0.1, 0.15) is 11.8 Å². The number of hydrogen-bond acceptors (Lipinski definition) is 7. The molecule has 146 valence electrons. The van der Waals surface area contributed by atoms with Gasteiger partial charge in [0.05, 0.1) is 19.4 Å². The molecule has 0 aliphatic carbocycles. The van der Waals surface area contributed by atoms with E-state index < -0.39 is 11.9 Å². The number of hydrogen-bond donors (Lipinski definition) is 1. The van der Waals surface area contributed by atoms with E-state index in [-0.39, 0.29) is 5.84 Å². The highest BCUT2D eigenvalue weighted by Gasteiger charge is 2.31. The molecule has 0 saturated heterocycles. The average Bonchev–Trinajstić information content (AvgIpc) is 2.73. The maximum Gasteiger partial charge on any atom is 0.326 e. The fourth-order valence-corrected chi connectivity index (χ4v) is 2.66. The van der Waals surface area contributed by atoms with E-state index in [4.69, 9.17) is 19.9 Å². The van der Waals surface area contributed by atoms with Crippen molar-refractivity contribution in [2.45, 2.75) is 13.3 Å². The number of para-hydroxylation sites is 3. The van der Waals surface area contributed by atoms with Crippen LogP contribution in [0.15, 0.2) is 71.7 Å². The molecule has 2 N–H and O–H groups in total. The Morgan fingerprint density at radius 1 is 1.11 bits per heavy atom. The summed E-state index contributed by atoms with van der Waals surface area (Å²) >= 11 is 0. The molecule has 1 atom stereocenters. The summed E-state index contributed by atoms with van der Waals surface area (Å²) in [4.78, 5) is 12.8. The Kier molecular flexibility index (Phi) is 6.16. The zero-order valence-electron chi connectivity index (χ0n) is 15.9. The van der Waals surface area contributed by atoms with Gasteiger partial charge in [0.2, 0.25) is 5.88 Å². The third kappa shape index (κ3) is 4.25. The first-order chi connectivity index (χ1) is 13.6. The zero-order chi connectivity index (χ0) is 19.9. The van der Waals surface area contributed by atoms with Crippen LogP contribution in [-0.2, 0) is 9.53 Å². The quantitative estimate of drug-likeness (QED) is 0.585.